The topological polar surface area (TPSA) is 45.5 Å². The molecule has 1 aromatic heterocycles. The van der Waals surface area contributed by atoms with Gasteiger partial charge in [0.15, 0.2) is 0 Å². The zero-order valence-corrected chi connectivity index (χ0v) is 11.9. The number of para-hydroxylation sites is 1. The maximum Gasteiger partial charge on any atom is 0.236 e. The van der Waals surface area contributed by atoms with Gasteiger partial charge in [0.1, 0.15) is 11.3 Å². The number of likely N-dealkylation sites (N-methyl/N-ethyl adjacent to an activating group) is 1. The van der Waals surface area contributed by atoms with Crippen LogP contribution in [0.5, 0.6) is 0 Å². The molecule has 0 saturated carbocycles. The summed E-state index contributed by atoms with van der Waals surface area (Å²) >= 11 is 0. The van der Waals surface area contributed by atoms with Gasteiger partial charge in [0, 0.05) is 19.0 Å². The van der Waals surface area contributed by atoms with E-state index in [2.05, 4.69) is 11.9 Å². The van der Waals surface area contributed by atoms with Crippen molar-refractivity contribution >= 4 is 16.9 Å². The Morgan fingerprint density at radius 2 is 2.25 bits per heavy atom. The van der Waals surface area contributed by atoms with Crippen molar-refractivity contribution < 1.29 is 9.21 Å². The number of rotatable bonds is 6. The second-order valence-corrected chi connectivity index (χ2v) is 4.79. The molecule has 20 heavy (non-hydrogen) atoms. The molecule has 4 heteroatoms. The lowest BCUT2D eigenvalue weighted by Crippen LogP contribution is -2.37. The highest BCUT2D eigenvalue weighted by atomic mass is 16.3. The lowest BCUT2D eigenvalue weighted by molar-refractivity contribution is -0.131. The predicted octanol–water partition coefficient (Wildman–Crippen LogP) is 2.73. The first-order valence-electron chi connectivity index (χ1n) is 6.69. The third-order valence-electron chi connectivity index (χ3n) is 3.40. The van der Waals surface area contributed by atoms with Crippen LogP contribution in [0.15, 0.2) is 47.4 Å². The first-order chi connectivity index (χ1) is 9.63. The summed E-state index contributed by atoms with van der Waals surface area (Å²) in [7, 11) is 1.79. The third kappa shape index (κ3) is 3.08. The SMILES string of the molecule is C=CCNCC(=O)N(C)C(C)c1cc2ccccc2o1. The number of nitrogens with zero attached hydrogens (tertiary/aromatic N) is 1. The van der Waals surface area contributed by atoms with Crippen LogP contribution in [0.25, 0.3) is 11.0 Å². The number of furan rings is 1. The maximum atomic E-state index is 12.0. The number of carbonyl (C=O) groups is 1. The predicted molar refractivity (Wildman–Crippen MR) is 80.5 cm³/mol. The summed E-state index contributed by atoms with van der Waals surface area (Å²) in [4.78, 5) is 13.7. The van der Waals surface area contributed by atoms with E-state index < -0.39 is 0 Å². The van der Waals surface area contributed by atoms with Gasteiger partial charge in [0.2, 0.25) is 5.91 Å². The molecule has 0 spiro atoms. The molecule has 1 heterocycles. The molecule has 0 aliphatic carbocycles. The number of hydrogen-bond acceptors (Lipinski definition) is 3. The van der Waals surface area contributed by atoms with Gasteiger partial charge in [-0.2, -0.15) is 0 Å². The molecule has 1 atom stereocenters. The summed E-state index contributed by atoms with van der Waals surface area (Å²) in [5, 5.41) is 4.06. The molecule has 1 unspecified atom stereocenters. The number of hydrogen-bond donors (Lipinski definition) is 1. The van der Waals surface area contributed by atoms with E-state index in [-0.39, 0.29) is 11.9 Å². The minimum Gasteiger partial charge on any atom is -0.459 e. The Bertz CT molecular complexity index is 570. The van der Waals surface area contributed by atoms with Crippen molar-refractivity contribution in [1.82, 2.24) is 10.2 Å². The van der Waals surface area contributed by atoms with E-state index in [1.54, 1.807) is 18.0 Å². The highest BCUT2D eigenvalue weighted by Crippen LogP contribution is 2.26. The largest absolute Gasteiger partial charge is 0.459 e. The molecule has 1 aromatic carbocycles. The fraction of sp³-hybridized carbons (Fsp3) is 0.312. The second kappa shape index (κ2) is 6.39. The quantitative estimate of drug-likeness (QED) is 0.649. The molecule has 1 N–H and O–H groups in total. The summed E-state index contributed by atoms with van der Waals surface area (Å²) in [6.07, 6.45) is 1.73. The number of benzene rings is 1. The van der Waals surface area contributed by atoms with Crippen LogP contribution in [0.1, 0.15) is 18.7 Å². The van der Waals surface area contributed by atoms with Crippen molar-refractivity contribution in [3.8, 4) is 0 Å². The number of amides is 1. The molecule has 2 rings (SSSR count). The van der Waals surface area contributed by atoms with Gasteiger partial charge >= 0.3 is 0 Å². The zero-order valence-electron chi connectivity index (χ0n) is 11.9. The van der Waals surface area contributed by atoms with E-state index in [0.29, 0.717) is 13.1 Å². The first kappa shape index (κ1) is 14.3. The summed E-state index contributed by atoms with van der Waals surface area (Å²) < 4.78 is 5.80. The fourth-order valence-electron chi connectivity index (χ4n) is 2.02. The van der Waals surface area contributed by atoms with Crippen LogP contribution in [0.4, 0.5) is 0 Å². The van der Waals surface area contributed by atoms with Crippen LogP contribution >= 0.6 is 0 Å². The van der Waals surface area contributed by atoms with Crippen molar-refractivity contribution in [2.45, 2.75) is 13.0 Å². The van der Waals surface area contributed by atoms with Crippen molar-refractivity contribution in [3.63, 3.8) is 0 Å². The molecule has 2 aromatic rings. The molecule has 0 bridgehead atoms. The summed E-state index contributed by atoms with van der Waals surface area (Å²) in [5.41, 5.74) is 0.847. The Labute approximate surface area is 119 Å². The summed E-state index contributed by atoms with van der Waals surface area (Å²) in [6, 6.07) is 9.73. The molecular formula is C16H20N2O2. The normalized spacial score (nSPS) is 12.3. The molecule has 0 aliphatic heterocycles. The van der Waals surface area contributed by atoms with Crippen LogP contribution in [0.3, 0.4) is 0 Å². The Morgan fingerprint density at radius 1 is 1.50 bits per heavy atom. The van der Waals surface area contributed by atoms with Crippen LogP contribution in [0, 0.1) is 0 Å². The Hall–Kier alpha value is -2.07. The Balaban J connectivity index is 2.07. The molecule has 0 aliphatic rings. The van der Waals surface area contributed by atoms with Gasteiger partial charge in [-0.05, 0) is 19.1 Å². The van der Waals surface area contributed by atoms with Crippen molar-refractivity contribution in [1.29, 1.82) is 0 Å². The average molecular weight is 272 g/mol. The molecule has 0 fully saturated rings. The zero-order chi connectivity index (χ0) is 14.5. The van der Waals surface area contributed by atoms with E-state index in [9.17, 15) is 4.79 Å². The first-order valence-corrected chi connectivity index (χ1v) is 6.69. The van der Waals surface area contributed by atoms with Gasteiger partial charge in [0.05, 0.1) is 12.6 Å². The van der Waals surface area contributed by atoms with Crippen LogP contribution < -0.4 is 5.32 Å². The number of carbonyl (C=O) groups excluding carboxylic acids is 1. The van der Waals surface area contributed by atoms with E-state index >= 15 is 0 Å². The Morgan fingerprint density at radius 3 is 2.95 bits per heavy atom. The third-order valence-corrected chi connectivity index (χ3v) is 3.40. The molecule has 1 amide bonds. The summed E-state index contributed by atoms with van der Waals surface area (Å²) in [5.74, 6) is 0.825. The van der Waals surface area contributed by atoms with Crippen molar-refractivity contribution in [3.05, 3.63) is 48.7 Å². The number of fused-ring (bicyclic) bond motifs is 1. The van der Waals surface area contributed by atoms with E-state index in [4.69, 9.17) is 4.42 Å². The highest BCUT2D eigenvalue weighted by molar-refractivity contribution is 5.80. The molecular weight excluding hydrogens is 252 g/mol. The smallest absolute Gasteiger partial charge is 0.236 e. The van der Waals surface area contributed by atoms with E-state index in [1.165, 1.54) is 0 Å². The molecule has 106 valence electrons. The van der Waals surface area contributed by atoms with E-state index in [0.717, 1.165) is 16.7 Å². The van der Waals surface area contributed by atoms with Gasteiger partial charge in [-0.1, -0.05) is 24.3 Å². The van der Waals surface area contributed by atoms with Crippen LogP contribution in [0.2, 0.25) is 0 Å². The molecule has 0 saturated heterocycles. The lowest BCUT2D eigenvalue weighted by Gasteiger charge is -2.23. The van der Waals surface area contributed by atoms with Crippen LogP contribution in [-0.4, -0.2) is 30.9 Å². The standard InChI is InChI=1S/C16H20N2O2/c1-4-9-17-11-16(19)18(3)12(2)15-10-13-7-5-6-8-14(13)20-15/h4-8,10,12,17H,1,9,11H2,2-3H3. The minimum absolute atomic E-state index is 0.0276. The fourth-order valence-corrected chi connectivity index (χ4v) is 2.02. The summed E-state index contributed by atoms with van der Waals surface area (Å²) in [6.45, 7) is 6.49. The maximum absolute atomic E-state index is 12.0. The van der Waals surface area contributed by atoms with Gasteiger partial charge in [-0.15, -0.1) is 6.58 Å². The highest BCUT2D eigenvalue weighted by Gasteiger charge is 2.20. The van der Waals surface area contributed by atoms with Gasteiger partial charge in [-0.3, -0.25) is 4.79 Å². The lowest BCUT2D eigenvalue weighted by atomic mass is 10.2. The van der Waals surface area contributed by atoms with Gasteiger partial charge in [-0.25, -0.2) is 0 Å². The number of nitrogens with one attached hydrogen (secondary N) is 1. The van der Waals surface area contributed by atoms with Crippen LogP contribution in [-0.2, 0) is 4.79 Å². The van der Waals surface area contributed by atoms with Gasteiger partial charge < -0.3 is 14.6 Å². The Kier molecular flexibility index (Phi) is 4.58. The monoisotopic (exact) mass is 272 g/mol. The van der Waals surface area contributed by atoms with E-state index in [1.807, 2.05) is 37.3 Å². The molecule has 4 nitrogen and oxygen atoms in total. The molecule has 0 radical (unpaired) electrons. The van der Waals surface area contributed by atoms with Gasteiger partial charge in [0.25, 0.3) is 0 Å². The second-order valence-electron chi connectivity index (χ2n) is 4.79. The minimum atomic E-state index is -0.0968. The average Bonchev–Trinajstić information content (AvgIpc) is 2.89. The van der Waals surface area contributed by atoms with Crippen molar-refractivity contribution in [2.24, 2.45) is 0 Å². The van der Waals surface area contributed by atoms with Crippen molar-refractivity contribution in [2.75, 3.05) is 20.1 Å².